The Morgan fingerprint density at radius 3 is 2.64 bits per heavy atom. The molecular weight excluding hydrogens is 325 g/mol. The van der Waals surface area contributed by atoms with Crippen molar-refractivity contribution in [3.05, 3.63) is 45.7 Å². The molecule has 0 atom stereocenters. The van der Waals surface area contributed by atoms with Gasteiger partial charge in [-0.05, 0) is 32.0 Å². The maximum absolute atomic E-state index is 12.2. The second kappa shape index (κ2) is 7.03. The molecular formula is C15H17Cl2N3O2. The van der Waals surface area contributed by atoms with E-state index in [0.717, 1.165) is 0 Å². The van der Waals surface area contributed by atoms with Crippen molar-refractivity contribution in [3.63, 3.8) is 0 Å². The standard InChI is InChI=1S/C15H17Cl2N3O2/c1-9(2)22-10-4-5-11(12(16)6-10)15(21)18-7-14-13(17)8-20(3)19-14/h4-6,8-9H,7H2,1-3H3,(H,18,21). The largest absolute Gasteiger partial charge is 0.491 e. The third-order valence-corrected chi connectivity index (χ3v) is 3.46. The van der Waals surface area contributed by atoms with E-state index in [0.29, 0.717) is 27.1 Å². The molecule has 0 aliphatic heterocycles. The summed E-state index contributed by atoms with van der Waals surface area (Å²) in [6, 6.07) is 4.98. The van der Waals surface area contributed by atoms with Crippen LogP contribution in [-0.4, -0.2) is 21.8 Å². The topological polar surface area (TPSA) is 56.1 Å². The van der Waals surface area contributed by atoms with E-state index in [2.05, 4.69) is 10.4 Å². The first-order valence-electron chi connectivity index (χ1n) is 6.79. The summed E-state index contributed by atoms with van der Waals surface area (Å²) >= 11 is 12.1. The molecule has 1 amide bonds. The van der Waals surface area contributed by atoms with Gasteiger partial charge in [0.2, 0.25) is 0 Å². The maximum atomic E-state index is 12.2. The minimum Gasteiger partial charge on any atom is -0.491 e. The van der Waals surface area contributed by atoms with Crippen molar-refractivity contribution in [2.24, 2.45) is 7.05 Å². The number of hydrogen-bond donors (Lipinski definition) is 1. The summed E-state index contributed by atoms with van der Waals surface area (Å²) < 4.78 is 7.12. The van der Waals surface area contributed by atoms with Gasteiger partial charge >= 0.3 is 0 Å². The SMILES string of the molecule is CC(C)Oc1ccc(C(=O)NCc2nn(C)cc2Cl)c(Cl)c1. The van der Waals surface area contributed by atoms with Gasteiger partial charge < -0.3 is 10.1 Å². The molecule has 0 bridgehead atoms. The lowest BCUT2D eigenvalue weighted by Crippen LogP contribution is -2.23. The van der Waals surface area contributed by atoms with Crippen LogP contribution in [0.1, 0.15) is 29.9 Å². The van der Waals surface area contributed by atoms with Crippen LogP contribution >= 0.6 is 23.2 Å². The van der Waals surface area contributed by atoms with Crippen molar-refractivity contribution in [1.82, 2.24) is 15.1 Å². The van der Waals surface area contributed by atoms with Crippen LogP contribution in [-0.2, 0) is 13.6 Å². The molecule has 2 aromatic rings. The van der Waals surface area contributed by atoms with E-state index in [4.69, 9.17) is 27.9 Å². The Labute approximate surface area is 139 Å². The zero-order valence-corrected chi connectivity index (χ0v) is 14.1. The van der Waals surface area contributed by atoms with Crippen LogP contribution in [0.25, 0.3) is 0 Å². The summed E-state index contributed by atoms with van der Waals surface area (Å²) in [6.45, 7) is 4.08. The van der Waals surface area contributed by atoms with Crippen LogP contribution in [0.2, 0.25) is 10.0 Å². The van der Waals surface area contributed by atoms with Crippen molar-refractivity contribution in [2.75, 3.05) is 0 Å². The van der Waals surface area contributed by atoms with Crippen molar-refractivity contribution in [3.8, 4) is 5.75 Å². The fourth-order valence-corrected chi connectivity index (χ4v) is 2.41. The number of nitrogens with zero attached hydrogens (tertiary/aromatic N) is 2. The van der Waals surface area contributed by atoms with Crippen LogP contribution < -0.4 is 10.1 Å². The molecule has 22 heavy (non-hydrogen) atoms. The lowest BCUT2D eigenvalue weighted by molar-refractivity contribution is 0.0950. The Morgan fingerprint density at radius 2 is 2.09 bits per heavy atom. The highest BCUT2D eigenvalue weighted by Gasteiger charge is 2.13. The lowest BCUT2D eigenvalue weighted by atomic mass is 10.2. The predicted octanol–water partition coefficient (Wildman–Crippen LogP) is 3.44. The summed E-state index contributed by atoms with van der Waals surface area (Å²) in [5, 5.41) is 7.75. The Balaban J connectivity index is 2.05. The molecule has 118 valence electrons. The number of carbonyl (C=O) groups is 1. The van der Waals surface area contributed by atoms with Crippen LogP contribution in [0, 0.1) is 0 Å². The second-order valence-corrected chi connectivity index (χ2v) is 5.90. The number of carbonyl (C=O) groups excluding carboxylic acids is 1. The highest BCUT2D eigenvalue weighted by molar-refractivity contribution is 6.34. The number of halogens is 2. The molecule has 2 rings (SSSR count). The Kier molecular flexibility index (Phi) is 5.32. The first kappa shape index (κ1) is 16.6. The highest BCUT2D eigenvalue weighted by Crippen LogP contribution is 2.23. The molecule has 1 aromatic carbocycles. The van der Waals surface area contributed by atoms with E-state index in [1.807, 2.05) is 13.8 Å². The summed E-state index contributed by atoms with van der Waals surface area (Å²) in [6.07, 6.45) is 1.72. The molecule has 0 radical (unpaired) electrons. The number of rotatable bonds is 5. The normalized spacial score (nSPS) is 10.8. The Hall–Kier alpha value is -1.72. The lowest BCUT2D eigenvalue weighted by Gasteiger charge is -2.11. The van der Waals surface area contributed by atoms with Gasteiger partial charge in [0.1, 0.15) is 11.4 Å². The van der Waals surface area contributed by atoms with Gasteiger partial charge in [-0.1, -0.05) is 23.2 Å². The molecule has 0 spiro atoms. The number of aromatic nitrogens is 2. The Bertz CT molecular complexity index is 683. The number of aryl methyl sites for hydroxylation is 1. The molecule has 7 heteroatoms. The summed E-state index contributed by atoms with van der Waals surface area (Å²) in [5.41, 5.74) is 0.984. The van der Waals surface area contributed by atoms with Gasteiger partial charge in [0.05, 0.1) is 28.3 Å². The van der Waals surface area contributed by atoms with Gasteiger partial charge in [-0.3, -0.25) is 9.48 Å². The van der Waals surface area contributed by atoms with Crippen molar-refractivity contribution in [1.29, 1.82) is 0 Å². The first-order chi connectivity index (χ1) is 10.4. The Morgan fingerprint density at radius 1 is 1.36 bits per heavy atom. The van der Waals surface area contributed by atoms with E-state index in [1.165, 1.54) is 0 Å². The van der Waals surface area contributed by atoms with E-state index in [1.54, 1.807) is 36.1 Å². The molecule has 0 unspecified atom stereocenters. The summed E-state index contributed by atoms with van der Waals surface area (Å²) in [7, 11) is 1.77. The third-order valence-electron chi connectivity index (χ3n) is 2.83. The van der Waals surface area contributed by atoms with Gasteiger partial charge in [0, 0.05) is 13.2 Å². The highest BCUT2D eigenvalue weighted by atomic mass is 35.5. The van der Waals surface area contributed by atoms with Crippen molar-refractivity contribution >= 4 is 29.1 Å². The summed E-state index contributed by atoms with van der Waals surface area (Å²) in [4.78, 5) is 12.2. The van der Waals surface area contributed by atoms with E-state index >= 15 is 0 Å². The number of amides is 1. The average molecular weight is 342 g/mol. The molecule has 5 nitrogen and oxygen atoms in total. The second-order valence-electron chi connectivity index (χ2n) is 5.09. The minimum atomic E-state index is -0.289. The van der Waals surface area contributed by atoms with Crippen molar-refractivity contribution < 1.29 is 9.53 Å². The fraction of sp³-hybridized carbons (Fsp3) is 0.333. The summed E-state index contributed by atoms with van der Waals surface area (Å²) in [5.74, 6) is 0.340. The minimum absolute atomic E-state index is 0.0436. The monoisotopic (exact) mass is 341 g/mol. The number of nitrogens with one attached hydrogen (secondary N) is 1. The van der Waals surface area contributed by atoms with Gasteiger partial charge in [0.25, 0.3) is 5.91 Å². The average Bonchev–Trinajstić information content (AvgIpc) is 2.73. The molecule has 0 saturated heterocycles. The van der Waals surface area contributed by atoms with Gasteiger partial charge in [-0.2, -0.15) is 5.10 Å². The third kappa shape index (κ3) is 4.15. The van der Waals surface area contributed by atoms with E-state index in [9.17, 15) is 4.79 Å². The maximum Gasteiger partial charge on any atom is 0.253 e. The van der Waals surface area contributed by atoms with Gasteiger partial charge in [-0.15, -0.1) is 0 Å². The zero-order valence-electron chi connectivity index (χ0n) is 12.6. The van der Waals surface area contributed by atoms with Crippen LogP contribution in [0.15, 0.2) is 24.4 Å². The predicted molar refractivity (Wildman–Crippen MR) is 86.6 cm³/mol. The molecule has 0 saturated carbocycles. The smallest absolute Gasteiger partial charge is 0.253 e. The number of hydrogen-bond acceptors (Lipinski definition) is 3. The molecule has 0 aliphatic rings. The zero-order chi connectivity index (χ0) is 16.3. The van der Waals surface area contributed by atoms with Crippen molar-refractivity contribution in [2.45, 2.75) is 26.5 Å². The van der Waals surface area contributed by atoms with Gasteiger partial charge in [0.15, 0.2) is 0 Å². The van der Waals surface area contributed by atoms with Gasteiger partial charge in [-0.25, -0.2) is 0 Å². The van der Waals surface area contributed by atoms with Crippen LogP contribution in [0.4, 0.5) is 0 Å². The number of benzene rings is 1. The molecule has 1 aromatic heterocycles. The number of ether oxygens (including phenoxy) is 1. The quantitative estimate of drug-likeness (QED) is 0.906. The molecule has 1 heterocycles. The van der Waals surface area contributed by atoms with Crippen LogP contribution in [0.3, 0.4) is 0 Å². The first-order valence-corrected chi connectivity index (χ1v) is 7.55. The molecule has 1 N–H and O–H groups in total. The van der Waals surface area contributed by atoms with Crippen LogP contribution in [0.5, 0.6) is 5.75 Å². The van der Waals surface area contributed by atoms with E-state index < -0.39 is 0 Å². The molecule has 0 aliphatic carbocycles. The molecule has 0 fully saturated rings. The fourth-order valence-electron chi connectivity index (χ4n) is 1.91. The van der Waals surface area contributed by atoms with E-state index in [-0.39, 0.29) is 18.6 Å².